The number of amides is 1. The smallest absolute Gasteiger partial charge is 0.224 e. The van der Waals surface area contributed by atoms with Crippen molar-refractivity contribution in [2.45, 2.75) is 50.3 Å². The van der Waals surface area contributed by atoms with Gasteiger partial charge in [-0.2, -0.15) is 5.26 Å². The number of hydrogen-bond acceptors (Lipinski definition) is 5. The van der Waals surface area contributed by atoms with Gasteiger partial charge in [-0.1, -0.05) is 12.1 Å². The maximum absolute atomic E-state index is 12.4. The lowest BCUT2D eigenvalue weighted by Crippen LogP contribution is -2.48. The van der Waals surface area contributed by atoms with E-state index in [2.05, 4.69) is 10.2 Å². The predicted molar refractivity (Wildman–Crippen MR) is 93.0 cm³/mol. The quantitative estimate of drug-likeness (QED) is 0.812. The molecule has 1 unspecified atom stereocenters. The third-order valence-corrected chi connectivity index (χ3v) is 5.06. The summed E-state index contributed by atoms with van der Waals surface area (Å²) in [5.41, 5.74) is 0.874. The van der Waals surface area contributed by atoms with Gasteiger partial charge in [-0.25, -0.2) is 0 Å². The van der Waals surface area contributed by atoms with Gasteiger partial charge < -0.3 is 15.2 Å². The minimum atomic E-state index is -0.229. The molecule has 0 spiro atoms. The lowest BCUT2D eigenvalue weighted by Gasteiger charge is -2.29. The van der Waals surface area contributed by atoms with E-state index in [-0.39, 0.29) is 24.7 Å². The topological polar surface area (TPSA) is 85.6 Å². The molecule has 2 N–H and O–H groups in total. The van der Waals surface area contributed by atoms with Crippen LogP contribution in [0, 0.1) is 11.3 Å². The van der Waals surface area contributed by atoms with Crippen molar-refractivity contribution in [1.29, 1.82) is 5.26 Å². The number of nitriles is 1. The monoisotopic (exact) mass is 343 g/mol. The van der Waals surface area contributed by atoms with Gasteiger partial charge in [0, 0.05) is 25.2 Å². The van der Waals surface area contributed by atoms with Crippen LogP contribution in [-0.2, 0) is 11.2 Å². The van der Waals surface area contributed by atoms with Gasteiger partial charge in [0.1, 0.15) is 11.8 Å². The Labute approximate surface area is 148 Å². The minimum absolute atomic E-state index is 0.00108. The number of likely N-dealkylation sites (tertiary alicyclic amines) is 1. The lowest BCUT2D eigenvalue weighted by atomic mass is 10.1. The van der Waals surface area contributed by atoms with Crippen molar-refractivity contribution in [3.8, 4) is 11.8 Å². The van der Waals surface area contributed by atoms with Gasteiger partial charge in [-0.3, -0.25) is 9.69 Å². The predicted octanol–water partition coefficient (Wildman–Crippen LogP) is 1.24. The van der Waals surface area contributed by atoms with Crippen molar-refractivity contribution in [1.82, 2.24) is 10.2 Å². The summed E-state index contributed by atoms with van der Waals surface area (Å²) in [7, 11) is 0. The maximum atomic E-state index is 12.4. The Hall–Kier alpha value is -2.10. The molecule has 25 heavy (non-hydrogen) atoms. The molecule has 1 heterocycles. The summed E-state index contributed by atoms with van der Waals surface area (Å²) >= 11 is 0. The molecule has 1 saturated carbocycles. The first kappa shape index (κ1) is 17.7. The number of carbonyl (C=O) groups is 1. The summed E-state index contributed by atoms with van der Waals surface area (Å²) in [5.74, 6) is 0.616. The van der Waals surface area contributed by atoms with Crippen LogP contribution in [0.4, 0.5) is 0 Å². The van der Waals surface area contributed by atoms with E-state index >= 15 is 0 Å². The van der Waals surface area contributed by atoms with Gasteiger partial charge in [0.15, 0.2) is 6.61 Å². The Balaban J connectivity index is 1.54. The van der Waals surface area contributed by atoms with Gasteiger partial charge in [0.05, 0.1) is 12.5 Å². The van der Waals surface area contributed by atoms with Crippen molar-refractivity contribution in [2.24, 2.45) is 0 Å². The normalized spacial score (nSPS) is 26.3. The van der Waals surface area contributed by atoms with Crippen LogP contribution in [0.2, 0.25) is 0 Å². The average molecular weight is 343 g/mol. The van der Waals surface area contributed by atoms with Gasteiger partial charge in [0.2, 0.25) is 5.91 Å². The molecule has 2 aliphatic rings. The van der Waals surface area contributed by atoms with E-state index in [1.54, 1.807) is 12.1 Å². The summed E-state index contributed by atoms with van der Waals surface area (Å²) in [6.07, 6.45) is 4.08. The maximum Gasteiger partial charge on any atom is 0.224 e. The van der Waals surface area contributed by atoms with Crippen molar-refractivity contribution < 1.29 is 14.6 Å². The van der Waals surface area contributed by atoms with E-state index in [1.807, 2.05) is 18.2 Å². The Morgan fingerprint density at radius 2 is 2.28 bits per heavy atom. The molecule has 1 saturated heterocycles. The second-order valence-electron chi connectivity index (χ2n) is 6.88. The fourth-order valence-corrected chi connectivity index (χ4v) is 3.92. The van der Waals surface area contributed by atoms with E-state index in [1.165, 1.54) is 0 Å². The summed E-state index contributed by atoms with van der Waals surface area (Å²) in [6.45, 7) is 1.63. The molecule has 1 aromatic rings. The fourth-order valence-electron chi connectivity index (χ4n) is 3.92. The molecule has 1 aliphatic heterocycles. The second kappa shape index (κ2) is 8.32. The van der Waals surface area contributed by atoms with Gasteiger partial charge in [-0.05, 0) is 43.4 Å². The first-order valence-electron chi connectivity index (χ1n) is 8.96. The average Bonchev–Trinajstić information content (AvgIpc) is 3.22. The molecule has 3 rings (SSSR count). The highest BCUT2D eigenvalue weighted by Gasteiger charge is 2.36. The largest absolute Gasteiger partial charge is 0.479 e. The highest BCUT2D eigenvalue weighted by molar-refractivity contribution is 5.79. The van der Waals surface area contributed by atoms with Crippen LogP contribution in [0.3, 0.4) is 0 Å². The van der Waals surface area contributed by atoms with E-state index in [4.69, 9.17) is 10.00 Å². The molecule has 0 radical (unpaired) electrons. The Morgan fingerprint density at radius 1 is 1.40 bits per heavy atom. The molecule has 2 fully saturated rings. The molecule has 6 nitrogen and oxygen atoms in total. The first-order chi connectivity index (χ1) is 12.2. The number of nitrogens with one attached hydrogen (secondary N) is 1. The number of β-amino-alcohol motifs (C(OH)–C–C–N with tert-alkyl or cyclic N) is 1. The number of aliphatic hydroxyl groups excluding tert-OH is 1. The number of benzene rings is 1. The molecular formula is C19H25N3O3. The van der Waals surface area contributed by atoms with Crippen LogP contribution in [0.25, 0.3) is 0 Å². The molecule has 134 valence electrons. The zero-order valence-corrected chi connectivity index (χ0v) is 14.4. The van der Waals surface area contributed by atoms with Crippen LogP contribution >= 0.6 is 0 Å². The second-order valence-corrected chi connectivity index (χ2v) is 6.88. The minimum Gasteiger partial charge on any atom is -0.479 e. The molecular weight excluding hydrogens is 318 g/mol. The Kier molecular flexibility index (Phi) is 5.90. The van der Waals surface area contributed by atoms with Crippen molar-refractivity contribution >= 4 is 5.91 Å². The number of carbonyl (C=O) groups excluding carboxylic acids is 1. The summed E-state index contributed by atoms with van der Waals surface area (Å²) in [6, 6.07) is 9.75. The molecule has 0 bridgehead atoms. The number of ether oxygens (including phenoxy) is 1. The molecule has 6 heteroatoms. The van der Waals surface area contributed by atoms with Gasteiger partial charge in [0.25, 0.3) is 0 Å². The van der Waals surface area contributed by atoms with Crippen LogP contribution in [0.1, 0.15) is 31.2 Å². The zero-order chi connectivity index (χ0) is 17.6. The lowest BCUT2D eigenvalue weighted by molar-refractivity contribution is -0.121. The van der Waals surface area contributed by atoms with Gasteiger partial charge in [-0.15, -0.1) is 0 Å². The van der Waals surface area contributed by atoms with Crippen molar-refractivity contribution in [3.63, 3.8) is 0 Å². The number of aliphatic hydroxyl groups is 1. The fraction of sp³-hybridized carbons (Fsp3) is 0.579. The third kappa shape index (κ3) is 4.71. The molecule has 1 aliphatic carbocycles. The molecule has 1 amide bonds. The number of hydrogen-bond donors (Lipinski definition) is 2. The third-order valence-electron chi connectivity index (χ3n) is 5.06. The molecule has 3 atom stereocenters. The number of nitrogens with zero attached hydrogens (tertiary/aromatic N) is 2. The van der Waals surface area contributed by atoms with E-state index in [9.17, 15) is 9.90 Å². The standard InChI is InChI=1S/C19H25N3O3/c20-8-10-25-16-4-1-3-14(11-16)12-19(24)21-17-5-2-6-18(17)22-9-7-15(23)13-22/h1,3-4,11,15,17-18,23H,2,5-7,9-10,12-13H2,(H,21,24)/t15?,17-,18+/m1/s1. The molecule has 0 aromatic heterocycles. The highest BCUT2D eigenvalue weighted by Crippen LogP contribution is 2.27. The SMILES string of the molecule is N#CCOc1cccc(CC(=O)N[C@@H]2CCC[C@@H]2N2CCC(O)C2)c1. The molecule has 1 aromatic carbocycles. The highest BCUT2D eigenvalue weighted by atomic mass is 16.5. The van der Waals surface area contributed by atoms with Crippen LogP contribution < -0.4 is 10.1 Å². The van der Waals surface area contributed by atoms with E-state index < -0.39 is 0 Å². The van der Waals surface area contributed by atoms with E-state index in [0.717, 1.165) is 44.3 Å². The summed E-state index contributed by atoms with van der Waals surface area (Å²) in [5, 5.41) is 21.5. The van der Waals surface area contributed by atoms with Crippen LogP contribution in [0.15, 0.2) is 24.3 Å². The van der Waals surface area contributed by atoms with Gasteiger partial charge >= 0.3 is 0 Å². The summed E-state index contributed by atoms with van der Waals surface area (Å²) in [4.78, 5) is 14.8. The zero-order valence-electron chi connectivity index (χ0n) is 14.4. The van der Waals surface area contributed by atoms with Crippen LogP contribution in [-0.4, -0.2) is 53.8 Å². The first-order valence-corrected chi connectivity index (χ1v) is 8.96. The Bertz CT molecular complexity index is 643. The van der Waals surface area contributed by atoms with E-state index in [0.29, 0.717) is 18.2 Å². The van der Waals surface area contributed by atoms with Crippen molar-refractivity contribution in [2.75, 3.05) is 19.7 Å². The Morgan fingerprint density at radius 3 is 3.04 bits per heavy atom. The number of rotatable bonds is 6. The van der Waals surface area contributed by atoms with Crippen molar-refractivity contribution in [3.05, 3.63) is 29.8 Å². The van der Waals surface area contributed by atoms with Crippen LogP contribution in [0.5, 0.6) is 5.75 Å². The summed E-state index contributed by atoms with van der Waals surface area (Å²) < 4.78 is 5.28.